The number of carbonyl (C=O) groups excluding carboxylic acids is 2. The van der Waals surface area contributed by atoms with E-state index in [-0.39, 0.29) is 5.56 Å². The molecule has 0 atom stereocenters. The average Bonchev–Trinajstić information content (AvgIpc) is 2.59. The molecule has 0 aliphatic carbocycles. The van der Waals surface area contributed by atoms with Gasteiger partial charge in [0.15, 0.2) is 0 Å². The molecule has 0 aliphatic heterocycles. The number of nitrogens with two attached hydrogens (primary N) is 1. The fourth-order valence-corrected chi connectivity index (χ4v) is 1.28. The Morgan fingerprint density at radius 3 is 2.73 bits per heavy atom. The summed E-state index contributed by atoms with van der Waals surface area (Å²) in [6.45, 7) is 0. The zero-order valence-electron chi connectivity index (χ0n) is 7.60. The summed E-state index contributed by atoms with van der Waals surface area (Å²) in [5.41, 5.74) is 5.47. The van der Waals surface area contributed by atoms with Gasteiger partial charge in [0.2, 0.25) is 0 Å². The van der Waals surface area contributed by atoms with Crippen molar-refractivity contribution < 1.29 is 18.7 Å². The largest absolute Gasteiger partial charge is 0.463 e. The van der Waals surface area contributed by atoms with Crippen molar-refractivity contribution in [1.29, 1.82) is 0 Å². The summed E-state index contributed by atoms with van der Waals surface area (Å²) < 4.78 is 9.34. The molecule has 15 heavy (non-hydrogen) atoms. The number of hydrogen-bond acceptors (Lipinski definition) is 4. The molecule has 1 aromatic carbocycles. The van der Waals surface area contributed by atoms with Crippen molar-refractivity contribution >= 4 is 23.0 Å². The van der Waals surface area contributed by atoms with E-state index in [1.54, 1.807) is 24.3 Å². The van der Waals surface area contributed by atoms with Crippen LogP contribution in [0.3, 0.4) is 0 Å². The number of benzene rings is 1. The van der Waals surface area contributed by atoms with E-state index in [0.29, 0.717) is 11.0 Å². The maximum atomic E-state index is 11.3. The van der Waals surface area contributed by atoms with Crippen LogP contribution in [0.2, 0.25) is 0 Å². The van der Waals surface area contributed by atoms with Gasteiger partial charge in [-0.1, -0.05) is 18.2 Å². The van der Waals surface area contributed by atoms with Gasteiger partial charge in [0.1, 0.15) is 17.4 Å². The van der Waals surface area contributed by atoms with E-state index in [0.717, 1.165) is 0 Å². The minimum atomic E-state index is -1.13. The van der Waals surface area contributed by atoms with Gasteiger partial charge in [0.05, 0.1) is 0 Å². The van der Waals surface area contributed by atoms with Gasteiger partial charge in [-0.05, 0) is 6.07 Å². The number of para-hydroxylation sites is 1. The third kappa shape index (κ3) is 1.67. The second-order valence-corrected chi connectivity index (χ2v) is 2.85. The number of primary amides is 1. The number of furan rings is 1. The van der Waals surface area contributed by atoms with Crippen molar-refractivity contribution in [1.82, 2.24) is 0 Å². The minimum absolute atomic E-state index is 0.185. The molecule has 1 heterocycles. The summed E-state index contributed by atoms with van der Waals surface area (Å²) in [6, 6.07) is 6.92. The fraction of sp³-hybridized carbons (Fsp3) is 0. The van der Waals surface area contributed by atoms with E-state index in [4.69, 9.17) is 10.2 Å². The smallest absolute Gasteiger partial charge is 0.412 e. The molecule has 0 bridgehead atoms. The molecule has 0 spiro atoms. The first-order valence-corrected chi connectivity index (χ1v) is 4.16. The Kier molecular flexibility index (Phi) is 2.13. The average molecular weight is 205 g/mol. The Hall–Kier alpha value is -2.30. The van der Waals surface area contributed by atoms with Crippen LogP contribution in [-0.2, 0) is 4.74 Å². The Labute approximate surface area is 84.4 Å². The molecule has 0 unspecified atom stereocenters. The van der Waals surface area contributed by atoms with Crippen LogP contribution in [-0.4, -0.2) is 12.1 Å². The van der Waals surface area contributed by atoms with E-state index in [2.05, 4.69) is 4.74 Å². The van der Waals surface area contributed by atoms with Crippen molar-refractivity contribution in [2.24, 2.45) is 5.73 Å². The lowest BCUT2D eigenvalue weighted by Crippen LogP contribution is -2.18. The first-order chi connectivity index (χ1) is 7.18. The summed E-state index contributed by atoms with van der Waals surface area (Å²) in [5, 5.41) is 0.587. The van der Waals surface area contributed by atoms with Crippen LogP contribution >= 0.6 is 0 Å². The predicted octanol–water partition coefficient (Wildman–Crippen LogP) is 1.67. The maximum absolute atomic E-state index is 11.3. The van der Waals surface area contributed by atoms with Crippen LogP contribution in [0.5, 0.6) is 0 Å². The van der Waals surface area contributed by atoms with E-state index >= 15 is 0 Å². The first-order valence-electron chi connectivity index (χ1n) is 4.16. The van der Waals surface area contributed by atoms with Gasteiger partial charge in [-0.3, -0.25) is 0 Å². The highest BCUT2D eigenvalue weighted by atomic mass is 16.6. The Morgan fingerprint density at radius 2 is 2.00 bits per heavy atom. The lowest BCUT2D eigenvalue weighted by Gasteiger charge is -1.95. The van der Waals surface area contributed by atoms with Gasteiger partial charge >= 0.3 is 12.1 Å². The minimum Gasteiger partial charge on any atom is -0.463 e. The molecule has 5 heteroatoms. The molecule has 5 nitrogen and oxygen atoms in total. The number of amides is 1. The van der Waals surface area contributed by atoms with Crippen LogP contribution in [0.25, 0.3) is 11.0 Å². The second-order valence-electron chi connectivity index (χ2n) is 2.85. The van der Waals surface area contributed by atoms with Crippen LogP contribution in [0.15, 0.2) is 34.9 Å². The van der Waals surface area contributed by atoms with Gasteiger partial charge in [0, 0.05) is 5.39 Å². The van der Waals surface area contributed by atoms with Gasteiger partial charge in [0.25, 0.3) is 0 Å². The Balaban J connectivity index is 2.44. The third-order valence-corrected chi connectivity index (χ3v) is 1.89. The Morgan fingerprint density at radius 1 is 1.27 bits per heavy atom. The van der Waals surface area contributed by atoms with E-state index in [1.807, 2.05) is 0 Å². The van der Waals surface area contributed by atoms with Gasteiger partial charge in [-0.2, -0.15) is 0 Å². The number of hydrogen-bond donors (Lipinski definition) is 1. The maximum Gasteiger partial charge on any atom is 0.412 e. The number of esters is 1. The number of ether oxygens (including phenoxy) is 1. The molecule has 2 aromatic rings. The molecule has 1 aromatic heterocycles. The highest BCUT2D eigenvalue weighted by Gasteiger charge is 2.16. The van der Waals surface area contributed by atoms with Crippen LogP contribution < -0.4 is 5.73 Å². The molecule has 0 fully saturated rings. The van der Waals surface area contributed by atoms with Gasteiger partial charge < -0.3 is 14.9 Å². The number of rotatable bonds is 1. The predicted molar refractivity (Wildman–Crippen MR) is 51.2 cm³/mol. The van der Waals surface area contributed by atoms with E-state index in [1.165, 1.54) is 6.26 Å². The Bertz CT molecular complexity index is 529. The molecule has 76 valence electrons. The summed E-state index contributed by atoms with van der Waals surface area (Å²) >= 11 is 0. The molecule has 0 saturated carbocycles. The quantitative estimate of drug-likeness (QED) is 0.567. The fourth-order valence-electron chi connectivity index (χ4n) is 1.28. The standard InChI is InChI=1S/C10H7NO4/c11-10(13)15-9(12)7-5-14-8-4-2-1-3-6(7)8/h1-5H,(H2,11,13). The summed E-state index contributed by atoms with van der Waals surface area (Å²) in [6.07, 6.45) is 0.0981. The van der Waals surface area contributed by atoms with Crippen molar-refractivity contribution in [3.05, 3.63) is 36.1 Å². The highest BCUT2D eigenvalue weighted by Crippen LogP contribution is 2.21. The molecule has 0 radical (unpaired) electrons. The summed E-state index contributed by atoms with van der Waals surface area (Å²) in [7, 11) is 0. The second kappa shape index (κ2) is 3.45. The van der Waals surface area contributed by atoms with Gasteiger partial charge in [-0.15, -0.1) is 0 Å². The van der Waals surface area contributed by atoms with Crippen molar-refractivity contribution in [3.63, 3.8) is 0 Å². The van der Waals surface area contributed by atoms with Crippen molar-refractivity contribution in [2.75, 3.05) is 0 Å². The molecule has 2 rings (SSSR count). The zero-order chi connectivity index (χ0) is 10.8. The van der Waals surface area contributed by atoms with Crippen LogP contribution in [0, 0.1) is 0 Å². The number of carbonyl (C=O) groups is 2. The lowest BCUT2D eigenvalue weighted by atomic mass is 10.2. The number of fused-ring (bicyclic) bond motifs is 1. The summed E-state index contributed by atoms with van der Waals surface area (Å²) in [5.74, 6) is -0.813. The molecule has 2 N–H and O–H groups in total. The summed E-state index contributed by atoms with van der Waals surface area (Å²) in [4.78, 5) is 21.7. The highest BCUT2D eigenvalue weighted by molar-refractivity contribution is 6.06. The zero-order valence-corrected chi connectivity index (χ0v) is 7.60. The van der Waals surface area contributed by atoms with Gasteiger partial charge in [-0.25, -0.2) is 9.59 Å². The molecule has 0 aliphatic rings. The van der Waals surface area contributed by atoms with Crippen LogP contribution in [0.1, 0.15) is 10.4 Å². The SMILES string of the molecule is NC(=O)OC(=O)c1coc2ccccc12. The van der Waals surface area contributed by atoms with Crippen LogP contribution in [0.4, 0.5) is 4.79 Å². The first kappa shape index (κ1) is 9.26. The molecule has 1 amide bonds. The van der Waals surface area contributed by atoms with E-state index in [9.17, 15) is 9.59 Å². The lowest BCUT2D eigenvalue weighted by molar-refractivity contribution is 0.0639. The van der Waals surface area contributed by atoms with Crippen molar-refractivity contribution in [2.45, 2.75) is 0 Å². The molecular formula is C10H7NO4. The normalized spacial score (nSPS) is 10.1. The molecule has 0 saturated heterocycles. The van der Waals surface area contributed by atoms with E-state index < -0.39 is 12.1 Å². The third-order valence-electron chi connectivity index (χ3n) is 1.89. The topological polar surface area (TPSA) is 82.5 Å². The monoisotopic (exact) mass is 205 g/mol. The van der Waals surface area contributed by atoms with Crippen molar-refractivity contribution in [3.8, 4) is 0 Å². The molecular weight excluding hydrogens is 198 g/mol.